The second kappa shape index (κ2) is 8.11. The van der Waals surface area contributed by atoms with Crippen molar-refractivity contribution in [2.45, 2.75) is 6.54 Å². The van der Waals surface area contributed by atoms with Crippen molar-refractivity contribution in [1.82, 2.24) is 4.98 Å². The molecule has 0 fully saturated rings. The molecule has 0 radical (unpaired) electrons. The Labute approximate surface area is 150 Å². The second-order valence-corrected chi connectivity index (χ2v) is 5.60. The van der Waals surface area contributed by atoms with Gasteiger partial charge in [0, 0.05) is 12.1 Å². The highest BCUT2D eigenvalue weighted by molar-refractivity contribution is 6.03. The third kappa shape index (κ3) is 4.57. The number of amides is 1. The fraction of sp³-hybridized carbons (Fsp3) is 0.100. The minimum atomic E-state index is -0.455. The zero-order valence-electron chi connectivity index (χ0n) is 14.2. The summed E-state index contributed by atoms with van der Waals surface area (Å²) >= 11 is 0. The molecule has 0 aliphatic heterocycles. The van der Waals surface area contributed by atoms with Crippen molar-refractivity contribution < 1.29 is 13.9 Å². The van der Waals surface area contributed by atoms with Gasteiger partial charge in [-0.15, -0.1) is 0 Å². The van der Waals surface area contributed by atoms with Crippen LogP contribution in [0.4, 0.5) is 15.9 Å². The molecule has 2 aromatic carbocycles. The third-order valence-corrected chi connectivity index (χ3v) is 3.75. The summed E-state index contributed by atoms with van der Waals surface area (Å²) in [5.41, 5.74) is 2.17. The molecule has 0 aliphatic carbocycles. The van der Waals surface area contributed by atoms with Gasteiger partial charge in [-0.25, -0.2) is 9.37 Å². The van der Waals surface area contributed by atoms with Gasteiger partial charge < -0.3 is 15.4 Å². The topological polar surface area (TPSA) is 63.2 Å². The van der Waals surface area contributed by atoms with E-state index in [9.17, 15) is 9.18 Å². The lowest BCUT2D eigenvalue weighted by Crippen LogP contribution is -2.13. The number of rotatable bonds is 6. The van der Waals surface area contributed by atoms with Gasteiger partial charge in [-0.05, 0) is 48.0 Å². The molecule has 3 rings (SSSR count). The number of methoxy groups -OCH3 is 1. The van der Waals surface area contributed by atoms with Gasteiger partial charge in [0.05, 0.1) is 19.0 Å². The Bertz CT molecular complexity index is 880. The van der Waals surface area contributed by atoms with E-state index in [0.29, 0.717) is 12.4 Å². The minimum absolute atomic E-state index is 0.244. The van der Waals surface area contributed by atoms with Crippen LogP contribution < -0.4 is 15.4 Å². The average Bonchev–Trinajstić information content (AvgIpc) is 2.68. The number of aromatic nitrogens is 1. The lowest BCUT2D eigenvalue weighted by atomic mass is 10.2. The number of benzene rings is 2. The zero-order chi connectivity index (χ0) is 18.4. The van der Waals surface area contributed by atoms with Gasteiger partial charge in [-0.1, -0.05) is 18.2 Å². The van der Waals surface area contributed by atoms with Gasteiger partial charge >= 0.3 is 0 Å². The molecular formula is C20H18FN3O2. The molecule has 132 valence electrons. The SMILES string of the molecule is COc1ccc(CNc2ccc(NC(=O)c3cccc(F)c3)nc2)cc1. The summed E-state index contributed by atoms with van der Waals surface area (Å²) in [5.74, 6) is 0.350. The van der Waals surface area contributed by atoms with Crippen molar-refractivity contribution in [2.75, 3.05) is 17.7 Å². The number of anilines is 2. The van der Waals surface area contributed by atoms with E-state index in [0.717, 1.165) is 17.0 Å². The highest BCUT2D eigenvalue weighted by atomic mass is 19.1. The number of ether oxygens (including phenoxy) is 1. The molecule has 3 aromatic rings. The highest BCUT2D eigenvalue weighted by Gasteiger charge is 2.07. The molecule has 26 heavy (non-hydrogen) atoms. The van der Waals surface area contributed by atoms with Crippen molar-refractivity contribution in [2.24, 2.45) is 0 Å². The lowest BCUT2D eigenvalue weighted by Gasteiger charge is -2.09. The Kier molecular flexibility index (Phi) is 5.43. The number of hydrogen-bond acceptors (Lipinski definition) is 4. The summed E-state index contributed by atoms with van der Waals surface area (Å²) in [6, 6.07) is 16.8. The van der Waals surface area contributed by atoms with E-state index < -0.39 is 11.7 Å². The molecule has 5 nitrogen and oxygen atoms in total. The van der Waals surface area contributed by atoms with Gasteiger partial charge in [-0.2, -0.15) is 0 Å². The first-order valence-electron chi connectivity index (χ1n) is 8.04. The molecule has 1 amide bonds. The molecule has 2 N–H and O–H groups in total. The normalized spacial score (nSPS) is 10.2. The number of carbonyl (C=O) groups is 1. The van der Waals surface area contributed by atoms with Gasteiger partial charge in [0.15, 0.2) is 0 Å². The maximum Gasteiger partial charge on any atom is 0.256 e. The first-order chi connectivity index (χ1) is 12.6. The molecule has 0 saturated heterocycles. The maximum atomic E-state index is 13.2. The van der Waals surface area contributed by atoms with Crippen LogP contribution in [0.15, 0.2) is 66.9 Å². The molecule has 0 unspecified atom stereocenters. The number of nitrogens with one attached hydrogen (secondary N) is 2. The van der Waals surface area contributed by atoms with Gasteiger partial charge in [0.25, 0.3) is 5.91 Å². The first-order valence-corrected chi connectivity index (χ1v) is 8.04. The number of carbonyl (C=O) groups excluding carboxylic acids is 1. The molecule has 1 aromatic heterocycles. The summed E-state index contributed by atoms with van der Waals surface area (Å²) in [7, 11) is 1.63. The average molecular weight is 351 g/mol. The Hall–Kier alpha value is -3.41. The van der Waals surface area contributed by atoms with Crippen molar-refractivity contribution in [3.8, 4) is 5.75 Å². The number of nitrogens with zero attached hydrogens (tertiary/aromatic N) is 1. The van der Waals surface area contributed by atoms with Crippen LogP contribution in [0.2, 0.25) is 0 Å². The van der Waals surface area contributed by atoms with Crippen molar-refractivity contribution in [3.63, 3.8) is 0 Å². The monoisotopic (exact) mass is 351 g/mol. The molecule has 1 heterocycles. The predicted molar refractivity (Wildman–Crippen MR) is 98.9 cm³/mol. The minimum Gasteiger partial charge on any atom is -0.497 e. The van der Waals surface area contributed by atoms with Gasteiger partial charge in [0.1, 0.15) is 17.4 Å². The van der Waals surface area contributed by atoms with E-state index in [2.05, 4.69) is 15.6 Å². The molecule has 0 bridgehead atoms. The van der Waals surface area contributed by atoms with Crippen LogP contribution in [0.3, 0.4) is 0 Å². The van der Waals surface area contributed by atoms with Crippen LogP contribution in [-0.4, -0.2) is 18.0 Å². The maximum absolute atomic E-state index is 13.2. The molecule has 6 heteroatoms. The Morgan fingerprint density at radius 3 is 2.58 bits per heavy atom. The molecule has 0 saturated carbocycles. The van der Waals surface area contributed by atoms with E-state index in [1.54, 1.807) is 25.4 Å². The summed E-state index contributed by atoms with van der Waals surface area (Å²) in [6.45, 7) is 0.640. The van der Waals surface area contributed by atoms with Crippen LogP contribution in [-0.2, 0) is 6.54 Å². The van der Waals surface area contributed by atoms with Gasteiger partial charge in [0.2, 0.25) is 0 Å². The number of pyridine rings is 1. The Morgan fingerprint density at radius 1 is 1.12 bits per heavy atom. The molecular weight excluding hydrogens is 333 g/mol. The lowest BCUT2D eigenvalue weighted by molar-refractivity contribution is 0.102. The summed E-state index contributed by atoms with van der Waals surface area (Å²) < 4.78 is 18.3. The molecule has 0 aliphatic rings. The largest absolute Gasteiger partial charge is 0.497 e. The van der Waals surface area contributed by atoms with Crippen LogP contribution in [0.5, 0.6) is 5.75 Å². The number of halogens is 1. The third-order valence-electron chi connectivity index (χ3n) is 3.75. The summed E-state index contributed by atoms with van der Waals surface area (Å²) in [6.07, 6.45) is 1.63. The fourth-order valence-corrected chi connectivity index (χ4v) is 2.34. The standard InChI is InChI=1S/C20H18FN3O2/c1-26-18-8-5-14(6-9-18)12-22-17-7-10-19(23-13-17)24-20(25)15-3-2-4-16(21)11-15/h2-11,13,22H,12H2,1H3,(H,23,24,25). The fourth-order valence-electron chi connectivity index (χ4n) is 2.34. The summed E-state index contributed by atoms with van der Waals surface area (Å²) in [4.78, 5) is 16.3. The van der Waals surface area contributed by atoms with E-state index in [1.807, 2.05) is 30.3 Å². The van der Waals surface area contributed by atoms with E-state index >= 15 is 0 Å². The van der Waals surface area contributed by atoms with Crippen LogP contribution in [0, 0.1) is 5.82 Å². The van der Waals surface area contributed by atoms with E-state index in [-0.39, 0.29) is 5.56 Å². The molecule has 0 atom stereocenters. The summed E-state index contributed by atoms with van der Waals surface area (Å²) in [5, 5.41) is 5.89. The Balaban J connectivity index is 1.56. The predicted octanol–water partition coefficient (Wildman–Crippen LogP) is 4.09. The first kappa shape index (κ1) is 17.4. The second-order valence-electron chi connectivity index (χ2n) is 5.60. The molecule has 0 spiro atoms. The van der Waals surface area contributed by atoms with Crippen molar-refractivity contribution in [3.05, 3.63) is 83.8 Å². The smallest absolute Gasteiger partial charge is 0.256 e. The van der Waals surface area contributed by atoms with Crippen molar-refractivity contribution >= 4 is 17.4 Å². The van der Waals surface area contributed by atoms with E-state index in [1.165, 1.54) is 18.2 Å². The Morgan fingerprint density at radius 2 is 1.92 bits per heavy atom. The van der Waals surface area contributed by atoms with Gasteiger partial charge in [-0.3, -0.25) is 4.79 Å². The quantitative estimate of drug-likeness (QED) is 0.702. The van der Waals surface area contributed by atoms with Crippen LogP contribution in [0.25, 0.3) is 0 Å². The van der Waals surface area contributed by atoms with Crippen LogP contribution in [0.1, 0.15) is 15.9 Å². The highest BCUT2D eigenvalue weighted by Crippen LogP contribution is 2.15. The zero-order valence-corrected chi connectivity index (χ0v) is 14.2. The van der Waals surface area contributed by atoms with Crippen molar-refractivity contribution in [1.29, 1.82) is 0 Å². The van der Waals surface area contributed by atoms with Crippen LogP contribution >= 0.6 is 0 Å². The van der Waals surface area contributed by atoms with E-state index in [4.69, 9.17) is 4.74 Å². The number of hydrogen-bond donors (Lipinski definition) is 2.